The highest BCUT2D eigenvalue weighted by Crippen LogP contribution is 2.25. The molecule has 3 nitrogen and oxygen atoms in total. The van der Waals surface area contributed by atoms with Crippen molar-refractivity contribution in [3.8, 4) is 0 Å². The fourth-order valence-corrected chi connectivity index (χ4v) is 1.24. The Morgan fingerprint density at radius 3 is 2.70 bits per heavy atom. The van der Waals surface area contributed by atoms with Crippen LogP contribution in [0.4, 0.5) is 0 Å². The maximum atomic E-state index is 10.8. The quantitative estimate of drug-likeness (QED) is 0.497. The highest BCUT2D eigenvalue weighted by Gasteiger charge is 2.38. The first kappa shape index (κ1) is 7.69. The smallest absolute Gasteiger partial charge is 0.164 e. The summed E-state index contributed by atoms with van der Waals surface area (Å²) in [5.41, 5.74) is -1.19. The second-order valence-electron chi connectivity index (χ2n) is 3.08. The lowest BCUT2D eigenvalue weighted by atomic mass is 9.83. The number of hydrogen-bond acceptors (Lipinski definition) is 3. The number of aliphatic hydroxyl groups excluding tert-OH is 1. The largest absolute Gasteiger partial charge is 0.387 e. The van der Waals surface area contributed by atoms with E-state index in [1.807, 2.05) is 0 Å². The molecule has 58 valence electrons. The summed E-state index contributed by atoms with van der Waals surface area (Å²) in [5.74, 6) is -0.240. The third-order valence-electron chi connectivity index (χ3n) is 2.00. The predicted octanol–water partition coefficient (Wildman–Crippen LogP) is -0.149. The molecule has 1 aliphatic rings. The molecule has 0 aliphatic heterocycles. The topological polar surface area (TPSA) is 57.5 Å². The zero-order chi connectivity index (χ0) is 7.78. The van der Waals surface area contributed by atoms with Crippen molar-refractivity contribution in [3.63, 3.8) is 0 Å². The lowest BCUT2D eigenvalue weighted by molar-refractivity contribution is -0.148. The van der Waals surface area contributed by atoms with Crippen LogP contribution in [0.5, 0.6) is 0 Å². The summed E-state index contributed by atoms with van der Waals surface area (Å²) in [4.78, 5) is 10.8. The fraction of sp³-hybridized carbons (Fsp3) is 0.857. The van der Waals surface area contributed by atoms with E-state index >= 15 is 0 Å². The molecule has 1 saturated carbocycles. The Morgan fingerprint density at radius 2 is 2.30 bits per heavy atom. The van der Waals surface area contributed by atoms with Gasteiger partial charge in [0, 0.05) is 6.42 Å². The van der Waals surface area contributed by atoms with E-state index in [9.17, 15) is 9.90 Å². The Kier molecular flexibility index (Phi) is 1.79. The van der Waals surface area contributed by atoms with E-state index in [4.69, 9.17) is 5.11 Å². The van der Waals surface area contributed by atoms with Gasteiger partial charge in [-0.05, 0) is 19.8 Å². The Morgan fingerprint density at radius 1 is 1.70 bits per heavy atom. The average molecular weight is 144 g/mol. The highest BCUT2D eigenvalue weighted by molar-refractivity contribution is 5.84. The maximum absolute atomic E-state index is 10.8. The molecule has 0 aromatic heterocycles. The molecule has 0 spiro atoms. The van der Waals surface area contributed by atoms with Gasteiger partial charge in [-0.25, -0.2) is 0 Å². The number of rotatable bonds is 0. The molecule has 0 bridgehead atoms. The summed E-state index contributed by atoms with van der Waals surface area (Å²) < 4.78 is 0. The summed E-state index contributed by atoms with van der Waals surface area (Å²) in [7, 11) is 0. The molecule has 10 heavy (non-hydrogen) atoms. The van der Waals surface area contributed by atoms with Crippen LogP contribution in [-0.4, -0.2) is 27.7 Å². The molecule has 0 saturated heterocycles. The van der Waals surface area contributed by atoms with Crippen LogP contribution in [0.1, 0.15) is 26.2 Å². The van der Waals surface area contributed by atoms with Crippen LogP contribution >= 0.6 is 0 Å². The van der Waals surface area contributed by atoms with Gasteiger partial charge in [0.2, 0.25) is 0 Å². The van der Waals surface area contributed by atoms with Crippen LogP contribution in [0, 0.1) is 0 Å². The third-order valence-corrected chi connectivity index (χ3v) is 2.00. The SMILES string of the molecule is C[C@]1(O)CCCC(=O)[C@H]1O. The summed E-state index contributed by atoms with van der Waals surface area (Å²) in [6, 6.07) is 0. The Balaban J connectivity index is 2.69. The second kappa shape index (κ2) is 2.32. The van der Waals surface area contributed by atoms with Gasteiger partial charge in [0.15, 0.2) is 5.78 Å². The minimum Gasteiger partial charge on any atom is -0.387 e. The molecule has 0 aromatic carbocycles. The van der Waals surface area contributed by atoms with Crippen LogP contribution in [0.3, 0.4) is 0 Å². The highest BCUT2D eigenvalue weighted by atomic mass is 16.3. The Hall–Kier alpha value is -0.410. The Labute approximate surface area is 59.7 Å². The standard InChI is InChI=1S/C7H12O3/c1-7(10)4-2-3-5(8)6(7)9/h6,9-10H,2-4H2,1H3/t6-,7+/m1/s1. The molecule has 0 aromatic rings. The van der Waals surface area contributed by atoms with E-state index in [0.717, 1.165) is 0 Å². The first-order valence-corrected chi connectivity index (χ1v) is 3.47. The summed E-state index contributed by atoms with van der Waals surface area (Å²) in [6.07, 6.45) is 0.432. The maximum Gasteiger partial charge on any atom is 0.164 e. The first-order chi connectivity index (χ1) is 4.54. The Bertz CT molecular complexity index is 151. The number of ketones is 1. The molecule has 3 heteroatoms. The van der Waals surface area contributed by atoms with Crippen LogP contribution < -0.4 is 0 Å². The molecule has 2 N–H and O–H groups in total. The molecule has 1 fully saturated rings. The van der Waals surface area contributed by atoms with Crippen molar-refractivity contribution in [2.75, 3.05) is 0 Å². The van der Waals surface area contributed by atoms with E-state index in [0.29, 0.717) is 19.3 Å². The van der Waals surface area contributed by atoms with Crippen molar-refractivity contribution >= 4 is 5.78 Å². The molecule has 2 atom stereocenters. The van der Waals surface area contributed by atoms with Gasteiger partial charge in [-0.15, -0.1) is 0 Å². The fourth-order valence-electron chi connectivity index (χ4n) is 1.24. The molecule has 0 unspecified atom stereocenters. The zero-order valence-electron chi connectivity index (χ0n) is 6.00. The van der Waals surface area contributed by atoms with E-state index in [2.05, 4.69) is 0 Å². The van der Waals surface area contributed by atoms with Crippen molar-refractivity contribution in [3.05, 3.63) is 0 Å². The molecule has 1 rings (SSSR count). The van der Waals surface area contributed by atoms with E-state index in [-0.39, 0.29) is 5.78 Å². The van der Waals surface area contributed by atoms with E-state index in [1.165, 1.54) is 6.92 Å². The lowest BCUT2D eigenvalue weighted by Crippen LogP contribution is -2.47. The minimum atomic E-state index is -1.19. The molecule has 0 heterocycles. The number of Topliss-reactive ketones (excluding diaryl/α,β-unsaturated/α-hetero) is 1. The van der Waals surface area contributed by atoms with Crippen molar-refractivity contribution in [2.24, 2.45) is 0 Å². The lowest BCUT2D eigenvalue weighted by Gasteiger charge is -2.31. The van der Waals surface area contributed by atoms with Gasteiger partial charge in [-0.2, -0.15) is 0 Å². The van der Waals surface area contributed by atoms with Gasteiger partial charge in [0.05, 0.1) is 5.60 Å². The monoisotopic (exact) mass is 144 g/mol. The summed E-state index contributed by atoms with van der Waals surface area (Å²) in [5, 5.41) is 18.4. The minimum absolute atomic E-state index is 0.240. The third kappa shape index (κ3) is 1.20. The van der Waals surface area contributed by atoms with Crippen LogP contribution in [-0.2, 0) is 4.79 Å². The van der Waals surface area contributed by atoms with Gasteiger partial charge in [0.25, 0.3) is 0 Å². The molecule has 1 aliphatic carbocycles. The second-order valence-corrected chi connectivity index (χ2v) is 3.08. The average Bonchev–Trinajstić information content (AvgIpc) is 1.83. The number of carbonyl (C=O) groups is 1. The van der Waals surface area contributed by atoms with Crippen molar-refractivity contribution < 1.29 is 15.0 Å². The zero-order valence-corrected chi connectivity index (χ0v) is 6.00. The van der Waals surface area contributed by atoms with E-state index in [1.54, 1.807) is 0 Å². The predicted molar refractivity (Wildman–Crippen MR) is 35.5 cm³/mol. The van der Waals surface area contributed by atoms with Crippen molar-refractivity contribution in [1.29, 1.82) is 0 Å². The first-order valence-electron chi connectivity index (χ1n) is 3.47. The van der Waals surface area contributed by atoms with Crippen LogP contribution in [0.15, 0.2) is 0 Å². The van der Waals surface area contributed by atoms with Gasteiger partial charge >= 0.3 is 0 Å². The molecule has 0 radical (unpaired) electrons. The molecule has 0 amide bonds. The number of hydrogen-bond donors (Lipinski definition) is 2. The van der Waals surface area contributed by atoms with Crippen LogP contribution in [0.25, 0.3) is 0 Å². The van der Waals surface area contributed by atoms with Gasteiger partial charge in [-0.1, -0.05) is 0 Å². The van der Waals surface area contributed by atoms with Gasteiger partial charge in [0.1, 0.15) is 6.10 Å². The summed E-state index contributed by atoms with van der Waals surface area (Å²) in [6.45, 7) is 1.49. The van der Waals surface area contributed by atoms with E-state index < -0.39 is 11.7 Å². The van der Waals surface area contributed by atoms with Crippen LogP contribution in [0.2, 0.25) is 0 Å². The summed E-state index contributed by atoms with van der Waals surface area (Å²) >= 11 is 0. The van der Waals surface area contributed by atoms with Gasteiger partial charge in [-0.3, -0.25) is 4.79 Å². The normalized spacial score (nSPS) is 41.9. The number of aliphatic hydroxyl groups is 2. The number of carbonyl (C=O) groups excluding carboxylic acids is 1. The van der Waals surface area contributed by atoms with Crippen molar-refractivity contribution in [1.82, 2.24) is 0 Å². The van der Waals surface area contributed by atoms with Crippen molar-refractivity contribution in [2.45, 2.75) is 37.9 Å². The molecular weight excluding hydrogens is 132 g/mol. The van der Waals surface area contributed by atoms with Gasteiger partial charge < -0.3 is 10.2 Å². The molecular formula is C7H12O3.